The van der Waals surface area contributed by atoms with Crippen LogP contribution in [0.2, 0.25) is 0 Å². The van der Waals surface area contributed by atoms with Crippen molar-refractivity contribution in [3.8, 4) is 0 Å². The van der Waals surface area contributed by atoms with Gasteiger partial charge in [0.1, 0.15) is 0 Å². The van der Waals surface area contributed by atoms with E-state index >= 15 is 0 Å². The van der Waals surface area contributed by atoms with E-state index in [1.807, 2.05) is 36.2 Å². The second kappa shape index (κ2) is 5.55. The Morgan fingerprint density at radius 2 is 1.89 bits per heavy atom. The van der Waals surface area contributed by atoms with Crippen LogP contribution in [0.4, 0.5) is 0 Å². The monoisotopic (exact) mass is 278 g/mol. The van der Waals surface area contributed by atoms with Crippen LogP contribution in [0, 0.1) is 0 Å². The van der Waals surface area contributed by atoms with Crippen LogP contribution in [0.5, 0.6) is 0 Å². The van der Waals surface area contributed by atoms with E-state index in [9.17, 15) is 4.79 Å². The normalized spacial score (nSPS) is 17.1. The molecular weight excluding hydrogens is 256 g/mol. The summed E-state index contributed by atoms with van der Waals surface area (Å²) >= 11 is 4.36. The molecule has 2 rings (SSSR count). The summed E-state index contributed by atoms with van der Waals surface area (Å²) in [7, 11) is 6.08. The van der Waals surface area contributed by atoms with Gasteiger partial charge < -0.3 is 9.80 Å². The molecule has 0 radical (unpaired) electrons. The number of amides is 1. The first-order valence-corrected chi connectivity index (χ1v) is 7.12. The van der Waals surface area contributed by atoms with E-state index in [1.165, 1.54) is 19.3 Å². The zero-order valence-corrected chi connectivity index (χ0v) is 12.8. The predicted molar refractivity (Wildman–Crippen MR) is 80.9 cm³/mol. The third-order valence-electron chi connectivity index (χ3n) is 4.25. The Kier molecular flexibility index (Phi) is 4.21. The summed E-state index contributed by atoms with van der Waals surface area (Å²) in [4.78, 5) is 17.3. The van der Waals surface area contributed by atoms with E-state index in [4.69, 9.17) is 0 Å². The Labute approximate surface area is 121 Å². The average molecular weight is 278 g/mol. The Morgan fingerprint density at radius 1 is 1.26 bits per heavy atom. The van der Waals surface area contributed by atoms with E-state index in [2.05, 4.69) is 31.6 Å². The van der Waals surface area contributed by atoms with E-state index in [-0.39, 0.29) is 11.4 Å². The lowest BCUT2D eigenvalue weighted by Gasteiger charge is -2.49. The van der Waals surface area contributed by atoms with Crippen LogP contribution < -0.4 is 0 Å². The predicted octanol–water partition coefficient (Wildman–Crippen LogP) is 2.53. The van der Waals surface area contributed by atoms with Gasteiger partial charge in [-0.25, -0.2) is 0 Å². The highest BCUT2D eigenvalue weighted by Crippen LogP contribution is 2.36. The standard InChI is InChI=1S/C15H22N2OS/c1-16(2)15(9-6-10-15)11-17(3)14(18)12-7-4-5-8-13(12)19/h4-5,7-8,19H,6,9-11H2,1-3H3. The number of hydrogen-bond donors (Lipinski definition) is 1. The Hall–Kier alpha value is -1.00. The summed E-state index contributed by atoms with van der Waals surface area (Å²) in [6.45, 7) is 0.779. The number of carbonyl (C=O) groups is 1. The second-order valence-corrected chi connectivity index (χ2v) is 6.13. The molecule has 0 N–H and O–H groups in total. The third-order valence-corrected chi connectivity index (χ3v) is 4.64. The van der Waals surface area contributed by atoms with E-state index in [0.717, 1.165) is 11.4 Å². The highest BCUT2D eigenvalue weighted by Gasteiger charge is 2.40. The summed E-state index contributed by atoms with van der Waals surface area (Å²) in [6.07, 6.45) is 3.59. The maximum Gasteiger partial charge on any atom is 0.254 e. The fraction of sp³-hybridized carbons (Fsp3) is 0.533. The molecule has 1 saturated carbocycles. The second-order valence-electron chi connectivity index (χ2n) is 5.65. The molecule has 0 aromatic heterocycles. The minimum atomic E-state index is 0.0544. The molecule has 0 bridgehead atoms. The molecule has 0 atom stereocenters. The van der Waals surface area contributed by atoms with Crippen LogP contribution in [0.3, 0.4) is 0 Å². The van der Waals surface area contributed by atoms with Gasteiger partial charge in [0, 0.05) is 24.0 Å². The first-order valence-electron chi connectivity index (χ1n) is 6.67. The van der Waals surface area contributed by atoms with E-state index in [0.29, 0.717) is 5.56 Å². The van der Waals surface area contributed by atoms with Gasteiger partial charge in [-0.15, -0.1) is 12.6 Å². The minimum Gasteiger partial charge on any atom is -0.340 e. The number of thiol groups is 1. The molecule has 0 saturated heterocycles. The number of benzene rings is 1. The summed E-state index contributed by atoms with van der Waals surface area (Å²) < 4.78 is 0. The summed E-state index contributed by atoms with van der Waals surface area (Å²) in [5, 5.41) is 0. The van der Waals surface area contributed by atoms with Gasteiger partial charge in [-0.2, -0.15) is 0 Å². The van der Waals surface area contributed by atoms with Gasteiger partial charge >= 0.3 is 0 Å². The first-order chi connectivity index (χ1) is 8.96. The van der Waals surface area contributed by atoms with Crippen molar-refractivity contribution in [1.29, 1.82) is 0 Å². The SMILES string of the molecule is CN(CC1(N(C)C)CCC1)C(=O)c1ccccc1S. The fourth-order valence-corrected chi connectivity index (χ4v) is 2.96. The molecule has 1 aromatic carbocycles. The van der Waals surface area contributed by atoms with Gasteiger partial charge in [-0.1, -0.05) is 12.1 Å². The van der Waals surface area contributed by atoms with Crippen molar-refractivity contribution < 1.29 is 4.79 Å². The lowest BCUT2D eigenvalue weighted by atomic mass is 9.75. The number of rotatable bonds is 4. The lowest BCUT2D eigenvalue weighted by Crippen LogP contribution is -2.57. The molecule has 0 heterocycles. The Morgan fingerprint density at radius 3 is 2.37 bits per heavy atom. The molecule has 0 spiro atoms. The van der Waals surface area contributed by atoms with Crippen LogP contribution in [0.15, 0.2) is 29.2 Å². The van der Waals surface area contributed by atoms with Crippen LogP contribution in [-0.2, 0) is 0 Å². The Bertz CT molecular complexity index is 469. The molecule has 1 aliphatic carbocycles. The maximum absolute atomic E-state index is 12.5. The van der Waals surface area contributed by atoms with Crippen LogP contribution in [0.25, 0.3) is 0 Å². The summed E-state index contributed by atoms with van der Waals surface area (Å²) in [6, 6.07) is 7.47. The van der Waals surface area contributed by atoms with Crippen molar-refractivity contribution in [2.75, 3.05) is 27.7 Å². The highest BCUT2D eigenvalue weighted by molar-refractivity contribution is 7.80. The van der Waals surface area contributed by atoms with Crippen molar-refractivity contribution in [1.82, 2.24) is 9.80 Å². The largest absolute Gasteiger partial charge is 0.340 e. The number of carbonyl (C=O) groups excluding carboxylic acids is 1. The maximum atomic E-state index is 12.5. The molecule has 19 heavy (non-hydrogen) atoms. The van der Waals surface area contributed by atoms with Crippen molar-refractivity contribution in [2.45, 2.75) is 29.7 Å². The molecule has 104 valence electrons. The van der Waals surface area contributed by atoms with Crippen LogP contribution in [0.1, 0.15) is 29.6 Å². The number of nitrogens with zero attached hydrogens (tertiary/aromatic N) is 2. The number of likely N-dealkylation sites (N-methyl/N-ethyl adjacent to an activating group) is 2. The van der Waals surface area contributed by atoms with E-state index in [1.54, 1.807) is 0 Å². The highest BCUT2D eigenvalue weighted by atomic mass is 32.1. The zero-order valence-electron chi connectivity index (χ0n) is 11.9. The van der Waals surface area contributed by atoms with Crippen LogP contribution in [-0.4, -0.2) is 48.9 Å². The number of hydrogen-bond acceptors (Lipinski definition) is 3. The average Bonchev–Trinajstić information content (AvgIpc) is 2.32. The molecule has 1 aliphatic rings. The van der Waals surface area contributed by atoms with Crippen LogP contribution >= 0.6 is 12.6 Å². The molecule has 0 unspecified atom stereocenters. The molecule has 1 aromatic rings. The zero-order chi connectivity index (χ0) is 14.0. The molecule has 4 heteroatoms. The van der Waals surface area contributed by atoms with E-state index < -0.39 is 0 Å². The first kappa shape index (κ1) is 14.4. The molecule has 1 amide bonds. The topological polar surface area (TPSA) is 23.6 Å². The minimum absolute atomic E-state index is 0.0544. The van der Waals surface area contributed by atoms with Gasteiger partial charge in [0.25, 0.3) is 5.91 Å². The summed E-state index contributed by atoms with van der Waals surface area (Å²) in [5.74, 6) is 0.0544. The smallest absolute Gasteiger partial charge is 0.254 e. The summed E-state index contributed by atoms with van der Waals surface area (Å²) in [5.41, 5.74) is 0.845. The quantitative estimate of drug-likeness (QED) is 0.856. The fourth-order valence-electron chi connectivity index (χ4n) is 2.71. The van der Waals surface area contributed by atoms with Gasteiger partial charge in [-0.05, 0) is 45.5 Å². The lowest BCUT2D eigenvalue weighted by molar-refractivity contribution is 0.0251. The van der Waals surface area contributed by atoms with Gasteiger partial charge in [0.05, 0.1) is 5.56 Å². The third kappa shape index (κ3) is 2.79. The van der Waals surface area contributed by atoms with Crippen molar-refractivity contribution in [2.24, 2.45) is 0 Å². The van der Waals surface area contributed by atoms with Crippen molar-refractivity contribution in [3.05, 3.63) is 29.8 Å². The van der Waals surface area contributed by atoms with Gasteiger partial charge in [0.15, 0.2) is 0 Å². The van der Waals surface area contributed by atoms with Gasteiger partial charge in [0.2, 0.25) is 0 Å². The molecule has 3 nitrogen and oxygen atoms in total. The molecular formula is C15H22N2OS. The molecule has 1 fully saturated rings. The molecule has 0 aliphatic heterocycles. The van der Waals surface area contributed by atoms with Crippen molar-refractivity contribution in [3.63, 3.8) is 0 Å². The Balaban J connectivity index is 2.10. The van der Waals surface area contributed by atoms with Gasteiger partial charge in [-0.3, -0.25) is 4.79 Å². The van der Waals surface area contributed by atoms with Crippen molar-refractivity contribution >= 4 is 18.5 Å².